The number of benzene rings is 2. The highest BCUT2D eigenvalue weighted by molar-refractivity contribution is 5.88. The van der Waals surface area contributed by atoms with Crippen molar-refractivity contribution >= 4 is 11.8 Å². The number of amides is 2. The third-order valence-electron chi connectivity index (χ3n) is 5.84. The minimum absolute atomic E-state index is 0.0277. The lowest BCUT2D eigenvalue weighted by Crippen LogP contribution is -2.51. The molecule has 172 valence electrons. The molecule has 0 bridgehead atoms. The number of hydrogen-bond acceptors (Lipinski definition) is 4. The van der Waals surface area contributed by atoms with Crippen molar-refractivity contribution < 1.29 is 23.5 Å². The first-order valence-electron chi connectivity index (χ1n) is 11.1. The molecule has 1 aliphatic carbocycles. The van der Waals surface area contributed by atoms with Gasteiger partial charge >= 0.3 is 0 Å². The molecule has 1 aliphatic rings. The van der Waals surface area contributed by atoms with Gasteiger partial charge in [0, 0.05) is 18.2 Å². The maximum absolute atomic E-state index is 14.3. The van der Waals surface area contributed by atoms with Crippen LogP contribution in [-0.2, 0) is 16.1 Å². The molecule has 2 aromatic rings. The molecule has 0 spiro atoms. The highest BCUT2D eigenvalue weighted by atomic mass is 19.1. The van der Waals surface area contributed by atoms with E-state index < -0.39 is 17.8 Å². The number of nitrogens with one attached hydrogen (secondary N) is 1. The first-order chi connectivity index (χ1) is 15.5. The van der Waals surface area contributed by atoms with Gasteiger partial charge in [0.25, 0.3) is 5.91 Å². The monoisotopic (exact) mass is 442 g/mol. The van der Waals surface area contributed by atoms with Gasteiger partial charge in [-0.15, -0.1) is 0 Å². The van der Waals surface area contributed by atoms with E-state index in [1.54, 1.807) is 49.4 Å². The summed E-state index contributed by atoms with van der Waals surface area (Å²) < 4.78 is 25.2. The Morgan fingerprint density at radius 3 is 2.41 bits per heavy atom. The molecule has 1 N–H and O–H groups in total. The minimum Gasteiger partial charge on any atom is -0.493 e. The largest absolute Gasteiger partial charge is 0.493 e. The van der Waals surface area contributed by atoms with Crippen LogP contribution in [0.15, 0.2) is 48.5 Å². The Kier molecular flexibility index (Phi) is 8.48. The summed E-state index contributed by atoms with van der Waals surface area (Å²) in [7, 11) is 1.52. The molecule has 1 saturated carbocycles. The third kappa shape index (κ3) is 6.22. The first-order valence-corrected chi connectivity index (χ1v) is 11.1. The first kappa shape index (κ1) is 23.6. The van der Waals surface area contributed by atoms with Crippen molar-refractivity contribution in [1.82, 2.24) is 10.2 Å². The molecule has 0 aromatic heterocycles. The van der Waals surface area contributed by atoms with Gasteiger partial charge in [0.2, 0.25) is 5.91 Å². The van der Waals surface area contributed by atoms with Gasteiger partial charge < -0.3 is 19.7 Å². The van der Waals surface area contributed by atoms with Crippen LogP contribution in [0.5, 0.6) is 11.5 Å². The molecule has 7 heteroatoms. The normalized spacial score (nSPS) is 15.0. The second-order valence-electron chi connectivity index (χ2n) is 8.07. The Labute approximate surface area is 188 Å². The fourth-order valence-electron chi connectivity index (χ4n) is 3.92. The molecule has 6 nitrogen and oxygen atoms in total. The number of hydrogen-bond donors (Lipinski definition) is 1. The molecule has 1 atom stereocenters. The van der Waals surface area contributed by atoms with Gasteiger partial charge in [-0.1, -0.05) is 49.6 Å². The van der Waals surface area contributed by atoms with Crippen LogP contribution in [0.4, 0.5) is 4.39 Å². The average molecular weight is 443 g/mol. The van der Waals surface area contributed by atoms with Crippen molar-refractivity contribution in [2.24, 2.45) is 0 Å². The molecule has 32 heavy (non-hydrogen) atoms. The molecular weight excluding hydrogens is 411 g/mol. The van der Waals surface area contributed by atoms with Crippen molar-refractivity contribution in [3.8, 4) is 11.5 Å². The summed E-state index contributed by atoms with van der Waals surface area (Å²) in [6.45, 7) is 1.34. The fourth-order valence-corrected chi connectivity index (χ4v) is 3.92. The Balaban J connectivity index is 1.73. The standard InChI is InChI=1S/C25H31FN2O4/c1-18(25(30)27-20-11-4-3-5-12-20)28(16-19-10-6-7-13-21(19)26)24(29)17-32-23-15-9-8-14-22(23)31-2/h6-10,13-15,18,20H,3-5,11-12,16-17H2,1-2H3,(H,27,30)/t18-/m0/s1. The minimum atomic E-state index is -0.773. The molecule has 1 fully saturated rings. The van der Waals surface area contributed by atoms with E-state index in [1.165, 1.54) is 24.5 Å². The molecule has 0 radical (unpaired) electrons. The van der Waals surface area contributed by atoms with Crippen LogP contribution in [0.2, 0.25) is 0 Å². The summed E-state index contributed by atoms with van der Waals surface area (Å²) in [4.78, 5) is 27.4. The lowest BCUT2D eigenvalue weighted by atomic mass is 9.95. The number of carbonyl (C=O) groups is 2. The smallest absolute Gasteiger partial charge is 0.261 e. The number of rotatable bonds is 9. The molecule has 0 aliphatic heterocycles. The predicted molar refractivity (Wildman–Crippen MR) is 120 cm³/mol. The van der Waals surface area contributed by atoms with Crippen LogP contribution in [0, 0.1) is 5.82 Å². The van der Waals surface area contributed by atoms with Gasteiger partial charge in [-0.25, -0.2) is 4.39 Å². The zero-order chi connectivity index (χ0) is 22.9. The zero-order valence-electron chi connectivity index (χ0n) is 18.7. The van der Waals surface area contributed by atoms with Crippen molar-refractivity contribution in [2.75, 3.05) is 13.7 Å². The second kappa shape index (κ2) is 11.5. The summed E-state index contributed by atoms with van der Waals surface area (Å²) in [5.74, 6) is -0.141. The van der Waals surface area contributed by atoms with Crippen LogP contribution in [0.3, 0.4) is 0 Å². The topological polar surface area (TPSA) is 67.9 Å². The highest BCUT2D eigenvalue weighted by Gasteiger charge is 2.29. The van der Waals surface area contributed by atoms with E-state index in [1.807, 2.05) is 0 Å². The molecule has 3 rings (SSSR count). The predicted octanol–water partition coefficient (Wildman–Crippen LogP) is 4.08. The van der Waals surface area contributed by atoms with E-state index in [0.29, 0.717) is 17.1 Å². The van der Waals surface area contributed by atoms with Crippen molar-refractivity contribution in [3.63, 3.8) is 0 Å². The molecule has 0 unspecified atom stereocenters. The summed E-state index contributed by atoms with van der Waals surface area (Å²) >= 11 is 0. The van der Waals surface area contributed by atoms with Crippen LogP contribution in [0.1, 0.15) is 44.6 Å². The van der Waals surface area contributed by atoms with Crippen LogP contribution < -0.4 is 14.8 Å². The van der Waals surface area contributed by atoms with Crippen LogP contribution in [0.25, 0.3) is 0 Å². The van der Waals surface area contributed by atoms with Crippen LogP contribution in [-0.4, -0.2) is 42.5 Å². The SMILES string of the molecule is COc1ccccc1OCC(=O)N(Cc1ccccc1F)[C@@H](C)C(=O)NC1CCCCC1. The lowest BCUT2D eigenvalue weighted by molar-refractivity contribution is -0.142. The maximum atomic E-state index is 14.3. The zero-order valence-corrected chi connectivity index (χ0v) is 18.7. The second-order valence-corrected chi connectivity index (χ2v) is 8.07. The third-order valence-corrected chi connectivity index (χ3v) is 5.84. The fraction of sp³-hybridized carbons (Fsp3) is 0.440. The van der Waals surface area contributed by atoms with E-state index in [0.717, 1.165) is 25.7 Å². The van der Waals surface area contributed by atoms with E-state index in [-0.39, 0.29) is 25.1 Å². The van der Waals surface area contributed by atoms with Crippen LogP contribution >= 0.6 is 0 Å². The van der Waals surface area contributed by atoms with E-state index >= 15 is 0 Å². The van der Waals surface area contributed by atoms with Crippen molar-refractivity contribution in [3.05, 3.63) is 59.9 Å². The summed E-state index contributed by atoms with van der Waals surface area (Å²) in [5, 5.41) is 3.06. The highest BCUT2D eigenvalue weighted by Crippen LogP contribution is 2.26. The quantitative estimate of drug-likeness (QED) is 0.636. The summed E-state index contributed by atoms with van der Waals surface area (Å²) in [6, 6.07) is 12.6. The van der Waals surface area contributed by atoms with Gasteiger partial charge in [-0.05, 0) is 38.0 Å². The van der Waals surface area contributed by atoms with Crippen molar-refractivity contribution in [2.45, 2.75) is 57.7 Å². The maximum Gasteiger partial charge on any atom is 0.261 e. The summed E-state index contributed by atoms with van der Waals surface area (Å²) in [5.41, 5.74) is 0.343. The Hall–Kier alpha value is -3.09. The number of halogens is 1. The van der Waals surface area contributed by atoms with Gasteiger partial charge in [0.05, 0.1) is 7.11 Å². The number of para-hydroxylation sites is 2. The van der Waals surface area contributed by atoms with Gasteiger partial charge in [0.1, 0.15) is 11.9 Å². The Bertz CT molecular complexity index is 914. The molecular formula is C25H31FN2O4. The number of ether oxygens (including phenoxy) is 2. The average Bonchev–Trinajstić information content (AvgIpc) is 2.82. The van der Waals surface area contributed by atoms with E-state index in [2.05, 4.69) is 5.32 Å². The number of carbonyl (C=O) groups excluding carboxylic acids is 2. The molecule has 0 heterocycles. The molecule has 2 amide bonds. The Morgan fingerprint density at radius 2 is 1.72 bits per heavy atom. The lowest BCUT2D eigenvalue weighted by Gasteiger charge is -2.31. The van der Waals surface area contributed by atoms with Crippen molar-refractivity contribution in [1.29, 1.82) is 0 Å². The molecule has 2 aromatic carbocycles. The Morgan fingerprint density at radius 1 is 1.06 bits per heavy atom. The number of methoxy groups -OCH3 is 1. The van der Waals surface area contributed by atoms with Gasteiger partial charge in [-0.3, -0.25) is 9.59 Å². The molecule has 0 saturated heterocycles. The van der Waals surface area contributed by atoms with Gasteiger partial charge in [-0.2, -0.15) is 0 Å². The summed E-state index contributed by atoms with van der Waals surface area (Å²) in [6.07, 6.45) is 5.24. The number of nitrogens with zero attached hydrogens (tertiary/aromatic N) is 1. The van der Waals surface area contributed by atoms with E-state index in [4.69, 9.17) is 9.47 Å². The van der Waals surface area contributed by atoms with Gasteiger partial charge in [0.15, 0.2) is 18.1 Å². The van der Waals surface area contributed by atoms with E-state index in [9.17, 15) is 14.0 Å².